The zero-order valence-corrected chi connectivity index (χ0v) is 12.9. The minimum absolute atomic E-state index is 0.190. The molecule has 2 rings (SSSR count). The SMILES string of the molecule is COCCNC(=O)c1ccc(C(=O)NCc2cccnc2)cc1. The number of nitrogens with one attached hydrogen (secondary N) is 2. The number of carbonyl (C=O) groups excluding carboxylic acids is 2. The van der Waals surface area contributed by atoms with Gasteiger partial charge >= 0.3 is 0 Å². The predicted octanol–water partition coefficient (Wildman–Crippen LogP) is 1.39. The number of pyridine rings is 1. The van der Waals surface area contributed by atoms with Crippen LogP contribution in [0.25, 0.3) is 0 Å². The Morgan fingerprint density at radius 1 is 1.04 bits per heavy atom. The molecule has 6 heteroatoms. The van der Waals surface area contributed by atoms with Crippen LogP contribution in [0.5, 0.6) is 0 Å². The molecule has 0 fully saturated rings. The molecular formula is C17H19N3O3. The first kappa shape index (κ1) is 16.6. The van der Waals surface area contributed by atoms with E-state index >= 15 is 0 Å². The summed E-state index contributed by atoms with van der Waals surface area (Å²) in [5.74, 6) is -0.385. The summed E-state index contributed by atoms with van der Waals surface area (Å²) in [6.45, 7) is 1.31. The summed E-state index contributed by atoms with van der Waals surface area (Å²) in [5, 5.41) is 5.53. The maximum atomic E-state index is 12.1. The largest absolute Gasteiger partial charge is 0.383 e. The number of rotatable bonds is 7. The van der Waals surface area contributed by atoms with Crippen LogP contribution < -0.4 is 10.6 Å². The van der Waals surface area contributed by atoms with Crippen LogP contribution in [0.15, 0.2) is 48.8 Å². The van der Waals surface area contributed by atoms with E-state index in [4.69, 9.17) is 4.74 Å². The van der Waals surface area contributed by atoms with E-state index in [1.165, 1.54) is 0 Å². The maximum Gasteiger partial charge on any atom is 0.251 e. The average Bonchev–Trinajstić information content (AvgIpc) is 2.61. The van der Waals surface area contributed by atoms with Crippen molar-refractivity contribution in [1.29, 1.82) is 0 Å². The Balaban J connectivity index is 1.88. The normalized spacial score (nSPS) is 10.1. The fraction of sp³-hybridized carbons (Fsp3) is 0.235. The van der Waals surface area contributed by atoms with Gasteiger partial charge in [0.1, 0.15) is 0 Å². The zero-order valence-electron chi connectivity index (χ0n) is 12.9. The van der Waals surface area contributed by atoms with Crippen LogP contribution in [0.1, 0.15) is 26.3 Å². The Labute approximate surface area is 134 Å². The molecular weight excluding hydrogens is 294 g/mol. The maximum absolute atomic E-state index is 12.1. The van der Waals surface area contributed by atoms with E-state index in [1.807, 2.05) is 12.1 Å². The van der Waals surface area contributed by atoms with Crippen molar-refractivity contribution in [2.24, 2.45) is 0 Å². The Bertz CT molecular complexity index is 642. The van der Waals surface area contributed by atoms with Gasteiger partial charge in [-0.05, 0) is 35.9 Å². The van der Waals surface area contributed by atoms with E-state index in [-0.39, 0.29) is 11.8 Å². The summed E-state index contributed by atoms with van der Waals surface area (Å²) in [7, 11) is 1.57. The van der Waals surface area contributed by atoms with E-state index in [1.54, 1.807) is 43.8 Å². The molecule has 0 bridgehead atoms. The number of aromatic nitrogens is 1. The quantitative estimate of drug-likeness (QED) is 0.757. The van der Waals surface area contributed by atoms with E-state index in [0.717, 1.165) is 5.56 Å². The monoisotopic (exact) mass is 313 g/mol. The number of amides is 2. The van der Waals surface area contributed by atoms with Gasteiger partial charge in [0.15, 0.2) is 0 Å². The molecule has 0 spiro atoms. The highest BCUT2D eigenvalue weighted by Crippen LogP contribution is 2.05. The average molecular weight is 313 g/mol. The van der Waals surface area contributed by atoms with Crippen molar-refractivity contribution in [3.8, 4) is 0 Å². The van der Waals surface area contributed by atoms with Crippen LogP contribution in [-0.4, -0.2) is 37.1 Å². The lowest BCUT2D eigenvalue weighted by Crippen LogP contribution is -2.27. The number of hydrogen-bond acceptors (Lipinski definition) is 4. The van der Waals surface area contributed by atoms with Gasteiger partial charge in [0.2, 0.25) is 0 Å². The number of ether oxygens (including phenoxy) is 1. The third-order valence-electron chi connectivity index (χ3n) is 3.18. The second-order valence-corrected chi connectivity index (χ2v) is 4.87. The van der Waals surface area contributed by atoms with Crippen molar-refractivity contribution in [1.82, 2.24) is 15.6 Å². The number of carbonyl (C=O) groups is 2. The van der Waals surface area contributed by atoms with Crippen molar-refractivity contribution in [3.05, 3.63) is 65.5 Å². The second-order valence-electron chi connectivity index (χ2n) is 4.87. The summed E-state index contributed by atoms with van der Waals surface area (Å²) >= 11 is 0. The summed E-state index contributed by atoms with van der Waals surface area (Å²) in [4.78, 5) is 27.9. The van der Waals surface area contributed by atoms with Gasteiger partial charge in [-0.2, -0.15) is 0 Å². The van der Waals surface area contributed by atoms with Crippen LogP contribution in [0.3, 0.4) is 0 Å². The van der Waals surface area contributed by atoms with Crippen molar-refractivity contribution in [2.45, 2.75) is 6.54 Å². The van der Waals surface area contributed by atoms with Crippen molar-refractivity contribution in [2.75, 3.05) is 20.3 Å². The minimum Gasteiger partial charge on any atom is -0.383 e. The number of methoxy groups -OCH3 is 1. The first-order valence-electron chi connectivity index (χ1n) is 7.25. The third kappa shape index (κ3) is 5.19. The lowest BCUT2D eigenvalue weighted by atomic mass is 10.1. The third-order valence-corrected chi connectivity index (χ3v) is 3.18. The number of nitrogens with zero attached hydrogens (tertiary/aromatic N) is 1. The Morgan fingerprint density at radius 2 is 1.70 bits per heavy atom. The van der Waals surface area contributed by atoms with E-state index in [2.05, 4.69) is 15.6 Å². The fourth-order valence-corrected chi connectivity index (χ4v) is 1.93. The molecule has 0 unspecified atom stereocenters. The molecule has 0 saturated heterocycles. The molecule has 0 aliphatic carbocycles. The van der Waals surface area contributed by atoms with Gasteiger partial charge in [0.05, 0.1) is 6.61 Å². The van der Waals surface area contributed by atoms with Crippen LogP contribution in [0.4, 0.5) is 0 Å². The summed E-state index contributed by atoms with van der Waals surface area (Å²) in [5.41, 5.74) is 1.93. The van der Waals surface area contributed by atoms with Gasteiger partial charge in [-0.1, -0.05) is 6.07 Å². The van der Waals surface area contributed by atoms with Crippen LogP contribution in [0, 0.1) is 0 Å². The molecule has 1 aromatic carbocycles. The summed E-state index contributed by atoms with van der Waals surface area (Å²) in [6, 6.07) is 10.2. The molecule has 1 aromatic heterocycles. The van der Waals surface area contributed by atoms with Crippen molar-refractivity contribution in [3.63, 3.8) is 0 Å². The van der Waals surface area contributed by atoms with Crippen LogP contribution in [-0.2, 0) is 11.3 Å². The van der Waals surface area contributed by atoms with Gasteiger partial charge in [0.25, 0.3) is 11.8 Å². The molecule has 0 aliphatic rings. The molecule has 120 valence electrons. The number of hydrogen-bond donors (Lipinski definition) is 2. The highest BCUT2D eigenvalue weighted by molar-refractivity contribution is 5.97. The Kier molecular flexibility index (Phi) is 6.26. The molecule has 2 amide bonds. The topological polar surface area (TPSA) is 80.3 Å². The highest BCUT2D eigenvalue weighted by Gasteiger charge is 2.08. The summed E-state index contributed by atoms with van der Waals surface area (Å²) in [6.07, 6.45) is 3.38. The zero-order chi connectivity index (χ0) is 16.5. The van der Waals surface area contributed by atoms with E-state index < -0.39 is 0 Å². The van der Waals surface area contributed by atoms with Gasteiger partial charge in [-0.15, -0.1) is 0 Å². The predicted molar refractivity (Wildman–Crippen MR) is 86.1 cm³/mol. The second kappa shape index (κ2) is 8.65. The number of benzene rings is 1. The standard InChI is InChI=1S/C17H19N3O3/c1-23-10-9-19-16(21)14-4-6-15(7-5-14)17(22)20-12-13-3-2-8-18-11-13/h2-8,11H,9-10,12H2,1H3,(H,19,21)(H,20,22). The molecule has 23 heavy (non-hydrogen) atoms. The molecule has 6 nitrogen and oxygen atoms in total. The van der Waals surface area contributed by atoms with E-state index in [0.29, 0.717) is 30.8 Å². The first-order valence-corrected chi connectivity index (χ1v) is 7.25. The van der Waals surface area contributed by atoms with Crippen molar-refractivity contribution >= 4 is 11.8 Å². The lowest BCUT2D eigenvalue weighted by Gasteiger charge is -2.07. The first-order chi connectivity index (χ1) is 11.2. The van der Waals surface area contributed by atoms with Gasteiger partial charge < -0.3 is 15.4 Å². The van der Waals surface area contributed by atoms with Gasteiger partial charge in [-0.3, -0.25) is 14.6 Å². The Morgan fingerprint density at radius 3 is 2.26 bits per heavy atom. The molecule has 2 aromatic rings. The van der Waals surface area contributed by atoms with Gasteiger partial charge in [0, 0.05) is 43.7 Å². The highest BCUT2D eigenvalue weighted by atomic mass is 16.5. The Hall–Kier alpha value is -2.73. The molecule has 2 N–H and O–H groups in total. The molecule has 0 atom stereocenters. The molecule has 1 heterocycles. The molecule has 0 aliphatic heterocycles. The van der Waals surface area contributed by atoms with Crippen LogP contribution in [0.2, 0.25) is 0 Å². The van der Waals surface area contributed by atoms with E-state index in [9.17, 15) is 9.59 Å². The van der Waals surface area contributed by atoms with Crippen LogP contribution >= 0.6 is 0 Å². The summed E-state index contributed by atoms with van der Waals surface area (Å²) < 4.78 is 4.87. The minimum atomic E-state index is -0.194. The lowest BCUT2D eigenvalue weighted by molar-refractivity contribution is 0.0930. The smallest absolute Gasteiger partial charge is 0.251 e. The fourth-order valence-electron chi connectivity index (χ4n) is 1.93. The molecule has 0 radical (unpaired) electrons. The van der Waals surface area contributed by atoms with Crippen molar-refractivity contribution < 1.29 is 14.3 Å². The van der Waals surface area contributed by atoms with Gasteiger partial charge in [-0.25, -0.2) is 0 Å². The molecule has 0 saturated carbocycles.